The molecule has 5 nitrogen and oxygen atoms in total. The number of carbonyl (C=O) groups is 1. The zero-order valence-corrected chi connectivity index (χ0v) is 14.0. The van der Waals surface area contributed by atoms with E-state index >= 15 is 0 Å². The maximum atomic E-state index is 13.9. The molecule has 2 rings (SSSR count). The second-order valence-corrected chi connectivity index (χ2v) is 8.16. The monoisotopic (exact) mass is 397 g/mol. The molecule has 0 aromatic heterocycles. The molecule has 2 atom stereocenters. The van der Waals surface area contributed by atoms with Crippen molar-refractivity contribution in [1.29, 1.82) is 0 Å². The third kappa shape index (κ3) is 3.31. The van der Waals surface area contributed by atoms with Gasteiger partial charge in [-0.05, 0) is 40.4 Å². The number of carboxylic acid groups (broad SMARTS) is 1. The maximum absolute atomic E-state index is 13.9. The fourth-order valence-corrected chi connectivity index (χ4v) is 4.50. The standard InChI is InChI=1S/C13H14BrF2NO4S/c1-7-2-8(13(18)19)6-17(5-7)22(20,21)12-4-10(15)9(14)3-11(12)16/h3-4,7-8H,2,5-6H2,1H3,(H,18,19). The number of sulfonamides is 1. The van der Waals surface area contributed by atoms with E-state index in [-0.39, 0.29) is 23.5 Å². The molecule has 1 fully saturated rings. The molecule has 1 aromatic carbocycles. The average Bonchev–Trinajstić information content (AvgIpc) is 2.41. The zero-order chi connectivity index (χ0) is 16.7. The van der Waals surface area contributed by atoms with E-state index in [2.05, 4.69) is 15.9 Å². The first kappa shape index (κ1) is 17.3. The van der Waals surface area contributed by atoms with E-state index in [0.29, 0.717) is 12.5 Å². The van der Waals surface area contributed by atoms with Gasteiger partial charge < -0.3 is 5.11 Å². The van der Waals surface area contributed by atoms with Crippen molar-refractivity contribution >= 4 is 31.9 Å². The molecular weight excluding hydrogens is 384 g/mol. The van der Waals surface area contributed by atoms with Gasteiger partial charge in [-0.15, -0.1) is 0 Å². The Bertz CT molecular complexity index is 710. The summed E-state index contributed by atoms with van der Waals surface area (Å²) in [5, 5.41) is 9.08. The number of carboxylic acids is 1. The number of hydrogen-bond acceptors (Lipinski definition) is 3. The summed E-state index contributed by atoms with van der Waals surface area (Å²) in [5.74, 6) is -4.14. The van der Waals surface area contributed by atoms with Gasteiger partial charge in [0.05, 0.1) is 10.4 Å². The number of aliphatic carboxylic acids is 1. The largest absolute Gasteiger partial charge is 0.481 e. The molecule has 122 valence electrons. The lowest BCUT2D eigenvalue weighted by Gasteiger charge is -2.33. The van der Waals surface area contributed by atoms with Crippen molar-refractivity contribution in [3.8, 4) is 0 Å². The van der Waals surface area contributed by atoms with Crippen LogP contribution in [0.15, 0.2) is 21.5 Å². The lowest BCUT2D eigenvalue weighted by atomic mass is 9.92. The van der Waals surface area contributed by atoms with E-state index < -0.39 is 38.4 Å². The summed E-state index contributed by atoms with van der Waals surface area (Å²) in [6.07, 6.45) is 0.346. The fourth-order valence-electron chi connectivity index (χ4n) is 2.52. The van der Waals surface area contributed by atoms with Crippen molar-refractivity contribution in [1.82, 2.24) is 4.31 Å². The lowest BCUT2D eigenvalue weighted by Crippen LogP contribution is -2.45. The van der Waals surface area contributed by atoms with Crippen LogP contribution >= 0.6 is 15.9 Å². The van der Waals surface area contributed by atoms with Crippen LogP contribution in [-0.4, -0.2) is 36.9 Å². The second-order valence-electron chi connectivity index (χ2n) is 5.39. The zero-order valence-electron chi connectivity index (χ0n) is 11.6. The molecule has 0 amide bonds. The van der Waals surface area contributed by atoms with Gasteiger partial charge in [0, 0.05) is 13.1 Å². The average molecular weight is 398 g/mol. The van der Waals surface area contributed by atoms with E-state index in [1.54, 1.807) is 6.92 Å². The van der Waals surface area contributed by atoms with Gasteiger partial charge in [-0.1, -0.05) is 6.92 Å². The summed E-state index contributed by atoms with van der Waals surface area (Å²) in [5.41, 5.74) is 0. The number of halogens is 3. The van der Waals surface area contributed by atoms with Crippen LogP contribution in [0.4, 0.5) is 8.78 Å². The van der Waals surface area contributed by atoms with Crippen LogP contribution in [0.3, 0.4) is 0 Å². The first-order chi connectivity index (χ1) is 10.1. The molecule has 9 heteroatoms. The van der Waals surface area contributed by atoms with Crippen molar-refractivity contribution in [2.45, 2.75) is 18.2 Å². The highest BCUT2D eigenvalue weighted by Crippen LogP contribution is 2.30. The van der Waals surface area contributed by atoms with E-state index in [0.717, 1.165) is 10.4 Å². The van der Waals surface area contributed by atoms with Crippen molar-refractivity contribution in [3.63, 3.8) is 0 Å². The van der Waals surface area contributed by atoms with E-state index in [1.165, 1.54) is 0 Å². The molecule has 0 bridgehead atoms. The van der Waals surface area contributed by atoms with Gasteiger partial charge in [-0.3, -0.25) is 4.79 Å². The second kappa shape index (κ2) is 6.21. The Morgan fingerprint density at radius 3 is 2.55 bits per heavy atom. The van der Waals surface area contributed by atoms with Crippen LogP contribution in [0.5, 0.6) is 0 Å². The van der Waals surface area contributed by atoms with Gasteiger partial charge >= 0.3 is 5.97 Å². The Morgan fingerprint density at radius 2 is 1.95 bits per heavy atom. The predicted molar refractivity (Wildman–Crippen MR) is 77.7 cm³/mol. The molecule has 22 heavy (non-hydrogen) atoms. The topological polar surface area (TPSA) is 74.7 Å². The Balaban J connectivity index is 2.42. The highest BCUT2D eigenvalue weighted by molar-refractivity contribution is 9.10. The van der Waals surface area contributed by atoms with Crippen LogP contribution in [0.2, 0.25) is 0 Å². The molecule has 1 aliphatic rings. The van der Waals surface area contributed by atoms with Gasteiger partial charge in [0.15, 0.2) is 0 Å². The van der Waals surface area contributed by atoms with Gasteiger partial charge in [0.1, 0.15) is 16.5 Å². The number of benzene rings is 1. The first-order valence-corrected chi connectivity index (χ1v) is 8.73. The van der Waals surface area contributed by atoms with Crippen LogP contribution in [0.1, 0.15) is 13.3 Å². The molecule has 0 spiro atoms. The Labute approximate surface area is 135 Å². The van der Waals surface area contributed by atoms with Gasteiger partial charge in [-0.2, -0.15) is 4.31 Å². The summed E-state index contributed by atoms with van der Waals surface area (Å²) in [4.78, 5) is 10.3. The van der Waals surface area contributed by atoms with Crippen LogP contribution in [0.25, 0.3) is 0 Å². The first-order valence-electron chi connectivity index (χ1n) is 6.50. The normalized spacial score (nSPS) is 23.5. The smallest absolute Gasteiger partial charge is 0.307 e. The quantitative estimate of drug-likeness (QED) is 0.794. The van der Waals surface area contributed by atoms with E-state index in [4.69, 9.17) is 5.11 Å². The molecule has 0 saturated carbocycles. The third-order valence-corrected chi connectivity index (χ3v) is 6.02. The Morgan fingerprint density at radius 1 is 1.32 bits per heavy atom. The molecule has 0 radical (unpaired) electrons. The molecule has 1 heterocycles. The minimum absolute atomic E-state index is 0.0727. The summed E-state index contributed by atoms with van der Waals surface area (Å²) in [6, 6.07) is 1.34. The lowest BCUT2D eigenvalue weighted by molar-refractivity contribution is -0.143. The highest BCUT2D eigenvalue weighted by atomic mass is 79.9. The minimum Gasteiger partial charge on any atom is -0.481 e. The summed E-state index contributed by atoms with van der Waals surface area (Å²) < 4.78 is 53.2. The highest BCUT2D eigenvalue weighted by Gasteiger charge is 2.37. The van der Waals surface area contributed by atoms with Crippen molar-refractivity contribution in [2.24, 2.45) is 11.8 Å². The molecule has 1 saturated heterocycles. The van der Waals surface area contributed by atoms with Crippen LogP contribution < -0.4 is 0 Å². The molecule has 1 aliphatic heterocycles. The molecular formula is C13H14BrF2NO4S. The molecule has 1 N–H and O–H groups in total. The Kier molecular flexibility index (Phi) is 4.88. The Hall–Kier alpha value is -1.06. The van der Waals surface area contributed by atoms with Crippen LogP contribution in [0, 0.1) is 23.5 Å². The van der Waals surface area contributed by atoms with Crippen molar-refractivity contribution < 1.29 is 27.1 Å². The molecule has 0 aliphatic carbocycles. The summed E-state index contributed by atoms with van der Waals surface area (Å²) in [7, 11) is -4.30. The SMILES string of the molecule is CC1CC(C(=O)O)CN(S(=O)(=O)c2cc(F)c(Br)cc2F)C1. The summed E-state index contributed by atoms with van der Waals surface area (Å²) >= 11 is 2.78. The van der Waals surface area contributed by atoms with Gasteiger partial charge in [0.25, 0.3) is 0 Å². The number of piperidine rings is 1. The number of rotatable bonds is 3. The summed E-state index contributed by atoms with van der Waals surface area (Å²) in [6.45, 7) is 1.54. The third-order valence-electron chi connectivity index (χ3n) is 3.57. The fraction of sp³-hybridized carbons (Fsp3) is 0.462. The van der Waals surface area contributed by atoms with Gasteiger partial charge in [0.2, 0.25) is 10.0 Å². The maximum Gasteiger partial charge on any atom is 0.307 e. The van der Waals surface area contributed by atoms with Gasteiger partial charge in [-0.25, -0.2) is 17.2 Å². The van der Waals surface area contributed by atoms with Crippen molar-refractivity contribution in [3.05, 3.63) is 28.2 Å². The van der Waals surface area contributed by atoms with E-state index in [9.17, 15) is 22.0 Å². The molecule has 2 unspecified atom stereocenters. The van der Waals surface area contributed by atoms with E-state index in [1.807, 2.05) is 0 Å². The van der Waals surface area contributed by atoms with Crippen molar-refractivity contribution in [2.75, 3.05) is 13.1 Å². The number of nitrogens with zero attached hydrogens (tertiary/aromatic N) is 1. The molecule has 1 aromatic rings. The van der Waals surface area contributed by atoms with Crippen LogP contribution in [-0.2, 0) is 14.8 Å². The number of hydrogen-bond donors (Lipinski definition) is 1. The predicted octanol–water partition coefficient (Wildman–Crippen LogP) is 2.46. The minimum atomic E-state index is -4.30.